The van der Waals surface area contributed by atoms with Crippen molar-refractivity contribution in [3.8, 4) is 0 Å². The van der Waals surface area contributed by atoms with Crippen LogP contribution in [0.1, 0.15) is 18.4 Å². The summed E-state index contributed by atoms with van der Waals surface area (Å²) in [5, 5.41) is 0. The molecular formula is C14H21ClN2O. The van der Waals surface area contributed by atoms with Gasteiger partial charge in [-0.3, -0.25) is 4.79 Å². The number of amides is 1. The summed E-state index contributed by atoms with van der Waals surface area (Å²) in [7, 11) is 0. The fraction of sp³-hybridized carbons (Fsp3) is 0.500. The highest BCUT2D eigenvalue weighted by Crippen LogP contribution is 2.21. The molecule has 2 rings (SSSR count). The Bertz CT molecular complexity index is 361. The molecule has 1 aromatic rings. The predicted octanol–water partition coefficient (Wildman–Crippen LogP) is 1.85. The van der Waals surface area contributed by atoms with Crippen molar-refractivity contribution in [3.05, 3.63) is 35.9 Å². The number of likely N-dealkylation sites (tertiary alicyclic amines) is 1. The lowest BCUT2D eigenvalue weighted by atomic mass is 9.90. The number of hydrogen-bond donors (Lipinski definition) is 1. The van der Waals surface area contributed by atoms with Crippen molar-refractivity contribution >= 4 is 18.3 Å². The molecule has 1 aliphatic heterocycles. The third kappa shape index (κ3) is 4.00. The highest BCUT2D eigenvalue weighted by molar-refractivity contribution is 5.85. The molecule has 1 saturated heterocycles. The summed E-state index contributed by atoms with van der Waals surface area (Å²) in [5.74, 6) is 0.794. The van der Waals surface area contributed by atoms with Crippen molar-refractivity contribution in [2.45, 2.75) is 19.3 Å². The maximum atomic E-state index is 11.4. The van der Waals surface area contributed by atoms with Gasteiger partial charge < -0.3 is 10.6 Å². The Morgan fingerprint density at radius 1 is 1.22 bits per heavy atom. The number of carbonyl (C=O) groups excluding carboxylic acids is 1. The average Bonchev–Trinajstić information content (AvgIpc) is 2.40. The molecule has 0 bridgehead atoms. The minimum Gasteiger partial charge on any atom is -0.342 e. The Kier molecular flexibility index (Phi) is 6.16. The minimum atomic E-state index is 0. The number of hydrogen-bond acceptors (Lipinski definition) is 2. The number of nitrogens with two attached hydrogens (primary N) is 1. The van der Waals surface area contributed by atoms with Gasteiger partial charge in [0.05, 0.1) is 6.54 Å². The first-order valence-corrected chi connectivity index (χ1v) is 6.31. The highest BCUT2D eigenvalue weighted by Gasteiger charge is 2.21. The number of carbonyl (C=O) groups is 1. The van der Waals surface area contributed by atoms with Crippen LogP contribution in [-0.4, -0.2) is 30.4 Å². The van der Waals surface area contributed by atoms with Gasteiger partial charge in [-0.15, -0.1) is 12.4 Å². The highest BCUT2D eigenvalue weighted by atomic mass is 35.5. The van der Waals surface area contributed by atoms with Gasteiger partial charge in [0.2, 0.25) is 5.91 Å². The van der Waals surface area contributed by atoms with Gasteiger partial charge in [0.15, 0.2) is 0 Å². The van der Waals surface area contributed by atoms with Gasteiger partial charge in [-0.05, 0) is 30.7 Å². The second-order valence-corrected chi connectivity index (χ2v) is 4.72. The number of piperidine rings is 1. The molecule has 3 nitrogen and oxygen atoms in total. The predicted molar refractivity (Wildman–Crippen MR) is 75.8 cm³/mol. The Morgan fingerprint density at radius 2 is 1.83 bits per heavy atom. The van der Waals surface area contributed by atoms with E-state index in [1.807, 2.05) is 11.0 Å². The molecular weight excluding hydrogens is 248 g/mol. The second kappa shape index (κ2) is 7.39. The second-order valence-electron chi connectivity index (χ2n) is 4.72. The molecule has 18 heavy (non-hydrogen) atoms. The van der Waals surface area contributed by atoms with E-state index >= 15 is 0 Å². The molecule has 4 heteroatoms. The zero-order valence-corrected chi connectivity index (χ0v) is 11.4. The van der Waals surface area contributed by atoms with E-state index in [0.717, 1.165) is 32.4 Å². The maximum absolute atomic E-state index is 11.4. The first kappa shape index (κ1) is 15.0. The smallest absolute Gasteiger partial charge is 0.236 e. The molecule has 0 aromatic heterocycles. The summed E-state index contributed by atoms with van der Waals surface area (Å²) in [6.07, 6.45) is 3.33. The number of benzene rings is 1. The molecule has 1 fully saturated rings. The van der Waals surface area contributed by atoms with E-state index in [0.29, 0.717) is 5.92 Å². The van der Waals surface area contributed by atoms with Crippen LogP contribution in [-0.2, 0) is 11.2 Å². The first-order chi connectivity index (χ1) is 8.29. The van der Waals surface area contributed by atoms with Crippen LogP contribution in [0.5, 0.6) is 0 Å². The topological polar surface area (TPSA) is 46.3 Å². The van der Waals surface area contributed by atoms with Crippen LogP contribution in [0.4, 0.5) is 0 Å². The van der Waals surface area contributed by atoms with Crippen LogP contribution in [0, 0.1) is 5.92 Å². The molecule has 1 aliphatic rings. The molecule has 0 saturated carbocycles. The molecule has 0 spiro atoms. The zero-order chi connectivity index (χ0) is 12.1. The summed E-state index contributed by atoms with van der Waals surface area (Å²) in [4.78, 5) is 13.3. The summed E-state index contributed by atoms with van der Waals surface area (Å²) >= 11 is 0. The van der Waals surface area contributed by atoms with Gasteiger partial charge in [-0.25, -0.2) is 0 Å². The van der Waals surface area contributed by atoms with E-state index in [1.165, 1.54) is 5.56 Å². The van der Waals surface area contributed by atoms with E-state index in [1.54, 1.807) is 0 Å². The fourth-order valence-corrected chi connectivity index (χ4v) is 2.46. The van der Waals surface area contributed by atoms with Gasteiger partial charge in [-0.1, -0.05) is 30.3 Å². The maximum Gasteiger partial charge on any atom is 0.236 e. The molecule has 0 unspecified atom stereocenters. The van der Waals surface area contributed by atoms with E-state index in [2.05, 4.69) is 24.3 Å². The Hall–Kier alpha value is -1.06. The summed E-state index contributed by atoms with van der Waals surface area (Å²) in [6, 6.07) is 10.6. The Morgan fingerprint density at radius 3 is 2.39 bits per heavy atom. The van der Waals surface area contributed by atoms with Gasteiger partial charge in [-0.2, -0.15) is 0 Å². The molecule has 1 amide bonds. The van der Waals surface area contributed by atoms with Crippen molar-refractivity contribution < 1.29 is 4.79 Å². The Labute approximate surface area is 115 Å². The van der Waals surface area contributed by atoms with Crippen molar-refractivity contribution in [3.63, 3.8) is 0 Å². The molecule has 0 atom stereocenters. The van der Waals surface area contributed by atoms with E-state index in [4.69, 9.17) is 5.73 Å². The third-order valence-electron chi connectivity index (χ3n) is 3.51. The van der Waals surface area contributed by atoms with Crippen LogP contribution in [0.2, 0.25) is 0 Å². The quantitative estimate of drug-likeness (QED) is 0.909. The molecule has 2 N–H and O–H groups in total. The summed E-state index contributed by atoms with van der Waals surface area (Å²) in [6.45, 7) is 1.88. The normalized spacial score (nSPS) is 16.2. The van der Waals surface area contributed by atoms with Gasteiger partial charge in [0.1, 0.15) is 0 Å². The Balaban J connectivity index is 0.00000162. The molecule has 0 radical (unpaired) electrons. The summed E-state index contributed by atoms with van der Waals surface area (Å²) in [5.41, 5.74) is 6.77. The van der Waals surface area contributed by atoms with E-state index in [-0.39, 0.29) is 24.9 Å². The monoisotopic (exact) mass is 268 g/mol. The average molecular weight is 269 g/mol. The minimum absolute atomic E-state index is 0. The number of halogens is 1. The lowest BCUT2D eigenvalue weighted by Gasteiger charge is -2.31. The molecule has 0 aliphatic carbocycles. The SMILES string of the molecule is Cl.NCC(=O)N1CCC(Cc2ccccc2)CC1. The van der Waals surface area contributed by atoms with Crippen molar-refractivity contribution in [2.24, 2.45) is 11.7 Å². The van der Waals surface area contributed by atoms with Gasteiger partial charge in [0.25, 0.3) is 0 Å². The number of rotatable bonds is 3. The van der Waals surface area contributed by atoms with Gasteiger partial charge >= 0.3 is 0 Å². The summed E-state index contributed by atoms with van der Waals surface area (Å²) < 4.78 is 0. The van der Waals surface area contributed by atoms with E-state index in [9.17, 15) is 4.79 Å². The van der Waals surface area contributed by atoms with Crippen LogP contribution in [0.3, 0.4) is 0 Å². The van der Waals surface area contributed by atoms with Crippen LogP contribution in [0.25, 0.3) is 0 Å². The molecule has 1 heterocycles. The largest absolute Gasteiger partial charge is 0.342 e. The zero-order valence-electron chi connectivity index (χ0n) is 10.5. The van der Waals surface area contributed by atoms with Crippen molar-refractivity contribution in [1.29, 1.82) is 0 Å². The lowest BCUT2D eigenvalue weighted by molar-refractivity contribution is -0.131. The van der Waals surface area contributed by atoms with E-state index < -0.39 is 0 Å². The fourth-order valence-electron chi connectivity index (χ4n) is 2.46. The lowest BCUT2D eigenvalue weighted by Crippen LogP contribution is -2.41. The molecule has 1 aromatic carbocycles. The van der Waals surface area contributed by atoms with Gasteiger partial charge in [0, 0.05) is 13.1 Å². The van der Waals surface area contributed by atoms with Crippen LogP contribution in [0.15, 0.2) is 30.3 Å². The van der Waals surface area contributed by atoms with Crippen LogP contribution >= 0.6 is 12.4 Å². The third-order valence-corrected chi connectivity index (χ3v) is 3.51. The first-order valence-electron chi connectivity index (χ1n) is 6.31. The number of nitrogens with zero attached hydrogens (tertiary/aromatic N) is 1. The van der Waals surface area contributed by atoms with Crippen LogP contribution < -0.4 is 5.73 Å². The standard InChI is InChI=1S/C14H20N2O.ClH/c15-11-14(17)16-8-6-13(7-9-16)10-12-4-2-1-3-5-12;/h1-5,13H,6-11,15H2;1H. The van der Waals surface area contributed by atoms with Crippen molar-refractivity contribution in [2.75, 3.05) is 19.6 Å². The van der Waals surface area contributed by atoms with Crippen molar-refractivity contribution in [1.82, 2.24) is 4.90 Å². The molecule has 100 valence electrons.